The highest BCUT2D eigenvalue weighted by atomic mass is 16.5. The third-order valence-corrected chi connectivity index (χ3v) is 5.88. The van der Waals surface area contributed by atoms with E-state index in [1.54, 1.807) is 22.6 Å². The Morgan fingerprint density at radius 2 is 1.68 bits per heavy atom. The van der Waals surface area contributed by atoms with E-state index in [9.17, 15) is 9.59 Å². The van der Waals surface area contributed by atoms with Crippen LogP contribution in [0, 0.1) is 0 Å². The zero-order valence-corrected chi connectivity index (χ0v) is 18.8. The first-order valence-electron chi connectivity index (χ1n) is 11.0. The molecule has 0 aliphatic rings. The quantitative estimate of drug-likeness (QED) is 0.408. The Morgan fingerprint density at radius 3 is 2.44 bits per heavy atom. The Balaban J connectivity index is 1.47. The van der Waals surface area contributed by atoms with Crippen molar-refractivity contribution in [1.82, 2.24) is 19.4 Å². The Hall–Kier alpha value is -4.39. The summed E-state index contributed by atoms with van der Waals surface area (Å²) in [6, 6.07) is 24.9. The van der Waals surface area contributed by atoms with E-state index in [1.807, 2.05) is 78.9 Å². The van der Waals surface area contributed by atoms with Gasteiger partial charge >= 0.3 is 0 Å². The van der Waals surface area contributed by atoms with Crippen LogP contribution in [0.1, 0.15) is 11.1 Å². The van der Waals surface area contributed by atoms with Gasteiger partial charge < -0.3 is 14.6 Å². The summed E-state index contributed by atoms with van der Waals surface area (Å²) in [5.74, 6) is 0.580. The fraction of sp³-hybridized carbons (Fsp3) is 0.148. The SMILES string of the molecule is COc1ccc(CNC(=O)Cn2c3ccccc3c3ncn(Cc4ccccc4)c(=O)c32)cc1. The standard InChI is InChI=1S/C27H24N4O3/c1-34-21-13-11-19(12-14-21)15-28-24(32)17-31-23-10-6-5-9-22(23)25-26(31)27(33)30(18-29-25)16-20-7-3-2-4-8-20/h2-14,18H,15-17H2,1H3,(H,28,32). The fourth-order valence-electron chi connectivity index (χ4n) is 4.15. The van der Waals surface area contributed by atoms with Gasteiger partial charge in [0.05, 0.1) is 25.5 Å². The molecule has 34 heavy (non-hydrogen) atoms. The monoisotopic (exact) mass is 452 g/mol. The predicted octanol–water partition coefficient (Wildman–Crippen LogP) is 3.72. The van der Waals surface area contributed by atoms with Gasteiger partial charge in [-0.1, -0.05) is 60.7 Å². The number of nitrogens with zero attached hydrogens (tertiary/aromatic N) is 3. The zero-order valence-electron chi connectivity index (χ0n) is 18.8. The lowest BCUT2D eigenvalue weighted by molar-refractivity contribution is -0.121. The smallest absolute Gasteiger partial charge is 0.278 e. The number of methoxy groups -OCH3 is 1. The molecule has 2 heterocycles. The van der Waals surface area contributed by atoms with Gasteiger partial charge in [-0.3, -0.25) is 14.2 Å². The molecule has 170 valence electrons. The average molecular weight is 453 g/mol. The molecular formula is C27H24N4O3. The lowest BCUT2D eigenvalue weighted by Crippen LogP contribution is -2.29. The van der Waals surface area contributed by atoms with Gasteiger partial charge in [-0.25, -0.2) is 4.98 Å². The second kappa shape index (κ2) is 9.23. The van der Waals surface area contributed by atoms with Crippen LogP contribution in [0.4, 0.5) is 0 Å². The molecule has 0 atom stereocenters. The summed E-state index contributed by atoms with van der Waals surface area (Å²) < 4.78 is 8.53. The van der Waals surface area contributed by atoms with Gasteiger partial charge in [-0.2, -0.15) is 0 Å². The van der Waals surface area contributed by atoms with Crippen molar-refractivity contribution in [3.8, 4) is 5.75 Å². The van der Waals surface area contributed by atoms with Crippen molar-refractivity contribution in [3.63, 3.8) is 0 Å². The highest BCUT2D eigenvalue weighted by Crippen LogP contribution is 2.25. The minimum Gasteiger partial charge on any atom is -0.497 e. The molecule has 0 bridgehead atoms. The second-order valence-electron chi connectivity index (χ2n) is 8.09. The van der Waals surface area contributed by atoms with Gasteiger partial charge in [-0.15, -0.1) is 0 Å². The first kappa shape index (κ1) is 21.5. The van der Waals surface area contributed by atoms with Gasteiger partial charge in [0.25, 0.3) is 5.56 Å². The van der Waals surface area contributed by atoms with E-state index in [-0.39, 0.29) is 18.0 Å². The van der Waals surface area contributed by atoms with E-state index >= 15 is 0 Å². The molecule has 0 aliphatic carbocycles. The normalized spacial score (nSPS) is 11.1. The molecule has 2 aromatic heterocycles. The molecule has 5 rings (SSSR count). The number of ether oxygens (including phenoxy) is 1. The van der Waals surface area contributed by atoms with E-state index < -0.39 is 0 Å². The van der Waals surface area contributed by atoms with Crippen LogP contribution in [0.2, 0.25) is 0 Å². The van der Waals surface area contributed by atoms with Crippen LogP contribution in [-0.4, -0.2) is 27.1 Å². The summed E-state index contributed by atoms with van der Waals surface area (Å²) in [5.41, 5.74) is 3.63. The molecule has 0 aliphatic heterocycles. The number of aromatic nitrogens is 3. The van der Waals surface area contributed by atoms with Crippen molar-refractivity contribution in [2.45, 2.75) is 19.6 Å². The number of benzene rings is 3. The molecule has 7 heteroatoms. The number of carbonyl (C=O) groups is 1. The maximum atomic E-state index is 13.5. The lowest BCUT2D eigenvalue weighted by Gasteiger charge is -2.10. The van der Waals surface area contributed by atoms with Crippen molar-refractivity contribution >= 4 is 27.8 Å². The maximum Gasteiger partial charge on any atom is 0.278 e. The number of nitrogens with one attached hydrogen (secondary N) is 1. The number of carbonyl (C=O) groups excluding carboxylic acids is 1. The summed E-state index contributed by atoms with van der Waals surface area (Å²) in [6.07, 6.45) is 1.58. The van der Waals surface area contributed by atoms with Crippen LogP contribution in [0.5, 0.6) is 5.75 Å². The zero-order chi connectivity index (χ0) is 23.5. The van der Waals surface area contributed by atoms with Crippen molar-refractivity contribution < 1.29 is 9.53 Å². The summed E-state index contributed by atoms with van der Waals surface area (Å²) >= 11 is 0. The van der Waals surface area contributed by atoms with Crippen molar-refractivity contribution in [1.29, 1.82) is 0 Å². The molecule has 0 fully saturated rings. The molecule has 3 aromatic carbocycles. The lowest BCUT2D eigenvalue weighted by atomic mass is 10.2. The molecule has 5 aromatic rings. The predicted molar refractivity (Wildman–Crippen MR) is 132 cm³/mol. The van der Waals surface area contributed by atoms with Gasteiger partial charge in [-0.05, 0) is 29.3 Å². The number of rotatable bonds is 7. The van der Waals surface area contributed by atoms with Gasteiger partial charge in [0.15, 0.2) is 0 Å². The van der Waals surface area contributed by atoms with Crippen molar-refractivity contribution in [2.75, 3.05) is 7.11 Å². The van der Waals surface area contributed by atoms with Gasteiger partial charge in [0.2, 0.25) is 5.91 Å². The second-order valence-corrected chi connectivity index (χ2v) is 8.09. The van der Waals surface area contributed by atoms with E-state index in [4.69, 9.17) is 4.74 Å². The molecule has 1 N–H and O–H groups in total. The van der Waals surface area contributed by atoms with E-state index in [1.165, 1.54) is 0 Å². The molecule has 7 nitrogen and oxygen atoms in total. The van der Waals surface area contributed by atoms with Gasteiger partial charge in [0, 0.05) is 11.9 Å². The van der Waals surface area contributed by atoms with E-state index in [0.717, 1.165) is 27.8 Å². The Bertz CT molecular complexity index is 1520. The maximum absolute atomic E-state index is 13.5. The number of para-hydroxylation sites is 1. The topological polar surface area (TPSA) is 78.2 Å². The van der Waals surface area contributed by atoms with Crippen LogP contribution in [0.15, 0.2) is 90.0 Å². The first-order valence-corrected chi connectivity index (χ1v) is 11.0. The molecule has 0 saturated carbocycles. The Morgan fingerprint density at radius 1 is 0.941 bits per heavy atom. The molecule has 0 spiro atoms. The summed E-state index contributed by atoms with van der Waals surface area (Å²) in [6.45, 7) is 0.816. The summed E-state index contributed by atoms with van der Waals surface area (Å²) in [7, 11) is 1.62. The third-order valence-electron chi connectivity index (χ3n) is 5.88. The Kier molecular flexibility index (Phi) is 5.82. The minimum atomic E-state index is -0.184. The van der Waals surface area contributed by atoms with Crippen LogP contribution < -0.4 is 15.6 Å². The third kappa shape index (κ3) is 4.15. The summed E-state index contributed by atoms with van der Waals surface area (Å²) in [5, 5.41) is 3.80. The minimum absolute atomic E-state index is 0.0203. The molecule has 0 saturated heterocycles. The van der Waals surface area contributed by atoms with Crippen LogP contribution in [0.3, 0.4) is 0 Å². The van der Waals surface area contributed by atoms with Crippen LogP contribution in [0.25, 0.3) is 21.9 Å². The number of hydrogen-bond donors (Lipinski definition) is 1. The first-order chi connectivity index (χ1) is 16.6. The Labute approximate surface area is 196 Å². The van der Waals surface area contributed by atoms with E-state index in [0.29, 0.717) is 24.1 Å². The van der Waals surface area contributed by atoms with Crippen LogP contribution >= 0.6 is 0 Å². The van der Waals surface area contributed by atoms with Crippen molar-refractivity contribution in [2.24, 2.45) is 0 Å². The highest BCUT2D eigenvalue weighted by Gasteiger charge is 2.18. The largest absolute Gasteiger partial charge is 0.497 e. The molecule has 1 amide bonds. The van der Waals surface area contributed by atoms with E-state index in [2.05, 4.69) is 10.3 Å². The number of amides is 1. The average Bonchev–Trinajstić information content (AvgIpc) is 3.19. The van der Waals surface area contributed by atoms with Gasteiger partial charge in [0.1, 0.15) is 23.3 Å². The van der Waals surface area contributed by atoms with Crippen molar-refractivity contribution in [3.05, 3.63) is 107 Å². The highest BCUT2D eigenvalue weighted by molar-refractivity contribution is 6.06. The summed E-state index contributed by atoms with van der Waals surface area (Å²) in [4.78, 5) is 31.0. The molecule has 0 radical (unpaired) electrons. The molecule has 0 unspecified atom stereocenters. The van der Waals surface area contributed by atoms with Crippen LogP contribution in [-0.2, 0) is 24.4 Å². The number of fused-ring (bicyclic) bond motifs is 3. The number of hydrogen-bond acceptors (Lipinski definition) is 4. The molecular weight excluding hydrogens is 428 g/mol. The fourth-order valence-corrected chi connectivity index (χ4v) is 4.15.